The first-order chi connectivity index (χ1) is 10.5. The molecule has 1 aliphatic rings. The molecule has 0 spiro atoms. The Hall–Kier alpha value is -1.59. The molecule has 22 heavy (non-hydrogen) atoms. The number of benzene rings is 1. The molecule has 1 fully saturated rings. The molecule has 1 aromatic heterocycles. The summed E-state index contributed by atoms with van der Waals surface area (Å²) < 4.78 is 17.2. The number of nitrogens with zero attached hydrogens (tertiary/aromatic N) is 1. The van der Waals surface area contributed by atoms with E-state index in [0.29, 0.717) is 12.5 Å². The average molecular weight is 299 g/mol. The zero-order valence-electron chi connectivity index (χ0n) is 13.6. The molecule has 1 aromatic carbocycles. The molecular weight excluding hydrogens is 277 g/mol. The highest BCUT2D eigenvalue weighted by Crippen LogP contribution is 2.30. The number of hydrogen-bond acceptors (Lipinski definition) is 4. The van der Waals surface area contributed by atoms with E-state index in [2.05, 4.69) is 31.8 Å². The first kappa shape index (κ1) is 15.3. The van der Waals surface area contributed by atoms with Crippen LogP contribution in [-0.2, 0) is 9.31 Å². The lowest BCUT2D eigenvalue weighted by Crippen LogP contribution is -2.40. The molecule has 2 heterocycles. The van der Waals surface area contributed by atoms with E-state index in [0.717, 1.165) is 22.8 Å². The van der Waals surface area contributed by atoms with Crippen LogP contribution in [-0.4, -0.2) is 31.9 Å². The minimum Gasteiger partial charge on any atom is -0.481 e. The quantitative estimate of drug-likeness (QED) is 0.800. The van der Waals surface area contributed by atoms with Gasteiger partial charge in [0.15, 0.2) is 0 Å². The molecule has 4 nitrogen and oxygen atoms in total. The van der Waals surface area contributed by atoms with Gasteiger partial charge in [-0.15, -0.1) is 0 Å². The van der Waals surface area contributed by atoms with Crippen LogP contribution in [0.25, 0.3) is 10.9 Å². The highest BCUT2D eigenvalue weighted by Gasteiger charge is 2.36. The van der Waals surface area contributed by atoms with E-state index in [1.165, 1.54) is 0 Å². The van der Waals surface area contributed by atoms with Crippen LogP contribution in [0.5, 0.6) is 5.88 Å². The molecule has 1 unspecified atom stereocenters. The Balaban J connectivity index is 1.89. The third-order valence-corrected chi connectivity index (χ3v) is 4.61. The van der Waals surface area contributed by atoms with Crippen molar-refractivity contribution in [1.29, 1.82) is 0 Å². The molecule has 116 valence electrons. The Bertz CT molecular complexity index is 674. The Kier molecular flexibility index (Phi) is 4.11. The molecule has 1 saturated heterocycles. The molecule has 0 saturated carbocycles. The smallest absolute Gasteiger partial charge is 0.481 e. The van der Waals surface area contributed by atoms with Gasteiger partial charge >= 0.3 is 7.12 Å². The first-order valence-corrected chi connectivity index (χ1v) is 7.71. The van der Waals surface area contributed by atoms with E-state index in [4.69, 9.17) is 14.0 Å². The number of pyridine rings is 1. The molecule has 0 aliphatic carbocycles. The van der Waals surface area contributed by atoms with Gasteiger partial charge in [-0.1, -0.05) is 26.0 Å². The first-order valence-electron chi connectivity index (χ1n) is 7.71. The lowest BCUT2D eigenvalue weighted by Gasteiger charge is -2.29. The molecule has 1 atom stereocenters. The van der Waals surface area contributed by atoms with E-state index in [1.807, 2.05) is 24.3 Å². The lowest BCUT2D eigenvalue weighted by atomic mass is 9.77. The van der Waals surface area contributed by atoms with Crippen LogP contribution in [0.2, 0.25) is 0 Å². The maximum atomic E-state index is 6.14. The summed E-state index contributed by atoms with van der Waals surface area (Å²) in [6.45, 7) is 7.27. The van der Waals surface area contributed by atoms with Gasteiger partial charge in [-0.2, -0.15) is 0 Å². The lowest BCUT2D eigenvalue weighted by molar-refractivity contribution is 0.0922. The second kappa shape index (κ2) is 5.90. The highest BCUT2D eigenvalue weighted by atomic mass is 16.6. The van der Waals surface area contributed by atoms with Gasteiger partial charge in [0.1, 0.15) is 0 Å². The van der Waals surface area contributed by atoms with Gasteiger partial charge in [-0.3, -0.25) is 0 Å². The average Bonchev–Trinajstić information content (AvgIpc) is 2.65. The Morgan fingerprint density at radius 3 is 2.86 bits per heavy atom. The normalized spacial score (nSPS) is 21.6. The van der Waals surface area contributed by atoms with Gasteiger partial charge in [0.25, 0.3) is 0 Å². The van der Waals surface area contributed by atoms with Crippen LogP contribution in [0.4, 0.5) is 0 Å². The van der Waals surface area contributed by atoms with Crippen molar-refractivity contribution in [2.75, 3.05) is 13.7 Å². The van der Waals surface area contributed by atoms with Crippen LogP contribution in [0, 0.1) is 5.41 Å². The van der Waals surface area contributed by atoms with Gasteiger partial charge in [-0.05, 0) is 36.4 Å². The largest absolute Gasteiger partial charge is 0.494 e. The molecule has 0 N–H and O–H groups in total. The SMILES string of the molecule is COc1ccc2cc(B3OCCC(C)(C)C(C)O3)ccc2n1. The maximum Gasteiger partial charge on any atom is 0.494 e. The minimum absolute atomic E-state index is 0.126. The van der Waals surface area contributed by atoms with E-state index < -0.39 is 0 Å². The van der Waals surface area contributed by atoms with Crippen molar-refractivity contribution in [3.8, 4) is 5.88 Å². The second-order valence-corrected chi connectivity index (χ2v) is 6.53. The van der Waals surface area contributed by atoms with Crippen LogP contribution in [0.3, 0.4) is 0 Å². The van der Waals surface area contributed by atoms with Crippen molar-refractivity contribution < 1.29 is 14.0 Å². The van der Waals surface area contributed by atoms with Gasteiger partial charge in [-0.25, -0.2) is 4.98 Å². The summed E-state index contributed by atoms with van der Waals surface area (Å²) in [6.07, 6.45) is 1.14. The molecule has 1 aliphatic heterocycles. The number of fused-ring (bicyclic) bond motifs is 1. The minimum atomic E-state index is -0.316. The summed E-state index contributed by atoms with van der Waals surface area (Å²) in [6, 6.07) is 9.96. The number of ether oxygens (including phenoxy) is 1. The Labute approximate surface area is 131 Å². The molecule has 0 radical (unpaired) electrons. The standard InChI is InChI=1S/C17H22BNO3/c1-12-17(2,3)9-10-21-18(22-12)14-6-7-15-13(11-14)5-8-16(19-15)20-4/h5-8,11-12H,9-10H2,1-4H3. The summed E-state index contributed by atoms with van der Waals surface area (Å²) in [5.74, 6) is 0.623. The van der Waals surface area contributed by atoms with Crippen LogP contribution >= 0.6 is 0 Å². The van der Waals surface area contributed by atoms with E-state index in [1.54, 1.807) is 7.11 Å². The van der Waals surface area contributed by atoms with Crippen molar-refractivity contribution in [2.24, 2.45) is 5.41 Å². The summed E-state index contributed by atoms with van der Waals surface area (Å²) in [7, 11) is 1.31. The summed E-state index contributed by atoms with van der Waals surface area (Å²) in [4.78, 5) is 4.43. The number of aromatic nitrogens is 1. The predicted octanol–water partition coefficient (Wildman–Crippen LogP) is 2.79. The summed E-state index contributed by atoms with van der Waals surface area (Å²) in [5.41, 5.74) is 2.06. The van der Waals surface area contributed by atoms with Gasteiger partial charge in [0.2, 0.25) is 5.88 Å². The third-order valence-electron chi connectivity index (χ3n) is 4.61. The van der Waals surface area contributed by atoms with E-state index in [-0.39, 0.29) is 18.6 Å². The molecule has 5 heteroatoms. The zero-order valence-corrected chi connectivity index (χ0v) is 13.6. The number of methoxy groups -OCH3 is 1. The van der Waals surface area contributed by atoms with Crippen molar-refractivity contribution in [1.82, 2.24) is 4.98 Å². The van der Waals surface area contributed by atoms with Gasteiger partial charge in [0.05, 0.1) is 12.6 Å². The predicted molar refractivity (Wildman–Crippen MR) is 88.6 cm³/mol. The van der Waals surface area contributed by atoms with Crippen LogP contribution < -0.4 is 10.2 Å². The second-order valence-electron chi connectivity index (χ2n) is 6.53. The third kappa shape index (κ3) is 2.96. The maximum absolute atomic E-state index is 6.14. The monoisotopic (exact) mass is 299 g/mol. The molecular formula is C17H22BNO3. The van der Waals surface area contributed by atoms with Crippen molar-refractivity contribution >= 4 is 23.5 Å². The van der Waals surface area contributed by atoms with E-state index >= 15 is 0 Å². The van der Waals surface area contributed by atoms with E-state index in [9.17, 15) is 0 Å². The Morgan fingerprint density at radius 1 is 1.27 bits per heavy atom. The number of rotatable bonds is 2. The van der Waals surface area contributed by atoms with Crippen LogP contribution in [0.1, 0.15) is 27.2 Å². The molecule has 0 bridgehead atoms. The van der Waals surface area contributed by atoms with Crippen molar-refractivity contribution in [3.63, 3.8) is 0 Å². The topological polar surface area (TPSA) is 40.6 Å². The summed E-state index contributed by atoms with van der Waals surface area (Å²) >= 11 is 0. The fourth-order valence-electron chi connectivity index (χ4n) is 2.60. The fourth-order valence-corrected chi connectivity index (χ4v) is 2.60. The van der Waals surface area contributed by atoms with Gasteiger partial charge in [0, 0.05) is 24.2 Å². The fraction of sp³-hybridized carbons (Fsp3) is 0.471. The van der Waals surface area contributed by atoms with Crippen molar-refractivity contribution in [3.05, 3.63) is 30.3 Å². The molecule has 2 aromatic rings. The Morgan fingerprint density at radius 2 is 2.09 bits per heavy atom. The van der Waals surface area contributed by atoms with Gasteiger partial charge < -0.3 is 14.0 Å². The van der Waals surface area contributed by atoms with Crippen LogP contribution in [0.15, 0.2) is 30.3 Å². The zero-order chi connectivity index (χ0) is 15.7. The molecule has 0 amide bonds. The number of hydrogen-bond donors (Lipinski definition) is 0. The highest BCUT2D eigenvalue weighted by molar-refractivity contribution is 6.61. The summed E-state index contributed by atoms with van der Waals surface area (Å²) in [5, 5.41) is 1.06. The van der Waals surface area contributed by atoms with Crippen molar-refractivity contribution in [2.45, 2.75) is 33.3 Å². The molecule has 3 rings (SSSR count).